The predicted octanol–water partition coefficient (Wildman–Crippen LogP) is 3.74. The quantitative estimate of drug-likeness (QED) is 0.572. The summed E-state index contributed by atoms with van der Waals surface area (Å²) in [5.41, 5.74) is 1.43. The Kier molecular flexibility index (Phi) is 6.56. The Labute approximate surface area is 82.2 Å². The van der Waals surface area contributed by atoms with E-state index in [2.05, 4.69) is 26.8 Å². The molecule has 0 radical (unpaired) electrons. The topological polar surface area (TPSA) is 17.1 Å². The molecule has 0 aliphatic rings. The van der Waals surface area contributed by atoms with Crippen LogP contribution >= 0.6 is 0 Å². The summed E-state index contributed by atoms with van der Waals surface area (Å²) in [4.78, 5) is 10.7. The molecule has 0 unspecified atom stereocenters. The number of hydrogen-bond acceptors (Lipinski definition) is 1. The maximum atomic E-state index is 10.7. The molecule has 0 saturated carbocycles. The molecule has 1 nitrogen and oxygen atoms in total. The highest BCUT2D eigenvalue weighted by atomic mass is 16.1. The lowest BCUT2D eigenvalue weighted by molar-refractivity contribution is -0.116. The molecule has 0 saturated heterocycles. The summed E-state index contributed by atoms with van der Waals surface area (Å²) in [6.45, 7) is 8.28. The van der Waals surface area contributed by atoms with Crippen molar-refractivity contribution >= 4 is 5.78 Å². The third-order valence-corrected chi connectivity index (χ3v) is 2.11. The maximum Gasteiger partial charge on any atom is 0.130 e. The first-order valence-corrected chi connectivity index (χ1v) is 5.17. The van der Waals surface area contributed by atoms with Crippen LogP contribution in [0.3, 0.4) is 0 Å². The lowest BCUT2D eigenvalue weighted by Gasteiger charge is -2.04. The molecule has 0 spiro atoms. The summed E-state index contributed by atoms with van der Waals surface area (Å²) in [6.07, 6.45) is 6.24. The Morgan fingerprint density at radius 1 is 1.23 bits per heavy atom. The van der Waals surface area contributed by atoms with Crippen LogP contribution in [-0.4, -0.2) is 5.78 Å². The molecule has 0 atom stereocenters. The van der Waals surface area contributed by atoms with E-state index in [0.717, 1.165) is 12.3 Å². The molecule has 0 heterocycles. The van der Waals surface area contributed by atoms with Gasteiger partial charge in [0.1, 0.15) is 5.78 Å². The van der Waals surface area contributed by atoms with Crippen LogP contribution in [-0.2, 0) is 4.79 Å². The third kappa shape index (κ3) is 9.32. The fourth-order valence-electron chi connectivity index (χ4n) is 1.14. The van der Waals surface area contributed by atoms with Crippen molar-refractivity contribution in [1.29, 1.82) is 0 Å². The van der Waals surface area contributed by atoms with Crippen LogP contribution < -0.4 is 0 Å². The van der Waals surface area contributed by atoms with E-state index in [9.17, 15) is 4.79 Å². The summed E-state index contributed by atoms with van der Waals surface area (Å²) in [5.74, 6) is 1.06. The monoisotopic (exact) mass is 182 g/mol. The van der Waals surface area contributed by atoms with Gasteiger partial charge in [-0.25, -0.2) is 0 Å². The molecule has 0 fully saturated rings. The summed E-state index contributed by atoms with van der Waals surface area (Å²) in [6, 6.07) is 0. The van der Waals surface area contributed by atoms with Crippen LogP contribution in [0.15, 0.2) is 11.6 Å². The van der Waals surface area contributed by atoms with Gasteiger partial charge in [-0.1, -0.05) is 25.5 Å². The van der Waals surface area contributed by atoms with Gasteiger partial charge in [-0.2, -0.15) is 0 Å². The van der Waals surface area contributed by atoms with E-state index < -0.39 is 0 Å². The molecule has 0 aromatic carbocycles. The summed E-state index contributed by atoms with van der Waals surface area (Å²) in [7, 11) is 0. The number of hydrogen-bond donors (Lipinski definition) is 0. The second kappa shape index (κ2) is 6.88. The first-order valence-electron chi connectivity index (χ1n) is 5.17. The highest BCUT2D eigenvalue weighted by Crippen LogP contribution is 2.11. The molecule has 0 rings (SSSR count). The molecule has 0 bridgehead atoms. The molecule has 0 N–H and O–H groups in total. The van der Waals surface area contributed by atoms with Gasteiger partial charge in [-0.3, -0.25) is 0 Å². The van der Waals surface area contributed by atoms with Gasteiger partial charge in [0.25, 0.3) is 0 Å². The Balaban J connectivity index is 3.57. The molecule has 0 amide bonds. The van der Waals surface area contributed by atoms with Crippen molar-refractivity contribution in [2.45, 2.75) is 53.4 Å². The summed E-state index contributed by atoms with van der Waals surface area (Å²) < 4.78 is 0. The molecular weight excluding hydrogens is 160 g/mol. The second-order valence-corrected chi connectivity index (χ2v) is 4.22. The zero-order chi connectivity index (χ0) is 10.3. The van der Waals surface area contributed by atoms with Crippen LogP contribution in [0.1, 0.15) is 53.4 Å². The average Bonchev–Trinajstić information content (AvgIpc) is 2.00. The Morgan fingerprint density at radius 3 is 2.31 bits per heavy atom. The van der Waals surface area contributed by atoms with Crippen LogP contribution in [0.4, 0.5) is 0 Å². The predicted molar refractivity (Wildman–Crippen MR) is 57.7 cm³/mol. The minimum Gasteiger partial charge on any atom is -0.300 e. The Bertz CT molecular complexity index is 178. The van der Waals surface area contributed by atoms with Gasteiger partial charge in [-0.05, 0) is 39.0 Å². The highest BCUT2D eigenvalue weighted by Gasteiger charge is 1.95. The van der Waals surface area contributed by atoms with Gasteiger partial charge in [0.15, 0.2) is 0 Å². The zero-order valence-corrected chi connectivity index (χ0v) is 9.39. The van der Waals surface area contributed by atoms with Crippen LogP contribution in [0.2, 0.25) is 0 Å². The van der Waals surface area contributed by atoms with Gasteiger partial charge >= 0.3 is 0 Å². The van der Waals surface area contributed by atoms with E-state index in [1.807, 2.05) is 0 Å². The maximum absolute atomic E-state index is 10.7. The number of carbonyl (C=O) groups is 1. The largest absolute Gasteiger partial charge is 0.300 e. The zero-order valence-electron chi connectivity index (χ0n) is 9.39. The lowest BCUT2D eigenvalue weighted by atomic mass is 10.0. The minimum atomic E-state index is 0.285. The van der Waals surface area contributed by atoms with E-state index in [1.165, 1.54) is 18.4 Å². The average molecular weight is 182 g/mol. The summed E-state index contributed by atoms with van der Waals surface area (Å²) >= 11 is 0. The van der Waals surface area contributed by atoms with E-state index in [-0.39, 0.29) is 5.78 Å². The molecule has 76 valence electrons. The first-order chi connectivity index (χ1) is 6.02. The fourth-order valence-corrected chi connectivity index (χ4v) is 1.14. The van der Waals surface area contributed by atoms with Crippen molar-refractivity contribution in [1.82, 2.24) is 0 Å². The van der Waals surface area contributed by atoms with Crippen LogP contribution in [0.25, 0.3) is 0 Å². The molecule has 13 heavy (non-hydrogen) atoms. The van der Waals surface area contributed by atoms with Crippen LogP contribution in [0, 0.1) is 5.92 Å². The van der Waals surface area contributed by atoms with Crippen molar-refractivity contribution in [2.24, 2.45) is 5.92 Å². The number of Topliss-reactive ketones (excluding diaryl/α,β-unsaturated/α-hetero) is 1. The molecule has 1 heteroatoms. The second-order valence-electron chi connectivity index (χ2n) is 4.22. The number of ketones is 1. The van der Waals surface area contributed by atoms with Gasteiger partial charge in [-0.15, -0.1) is 0 Å². The molecule has 0 aliphatic carbocycles. The molecule has 0 aliphatic heterocycles. The van der Waals surface area contributed by atoms with Gasteiger partial charge in [0, 0.05) is 6.42 Å². The van der Waals surface area contributed by atoms with E-state index in [4.69, 9.17) is 0 Å². The SMILES string of the molecule is CC(=O)CCC=C(C)CCC(C)C. The minimum absolute atomic E-state index is 0.285. The van der Waals surface area contributed by atoms with Gasteiger partial charge < -0.3 is 4.79 Å². The number of carbonyl (C=O) groups excluding carboxylic acids is 1. The first kappa shape index (κ1) is 12.4. The normalized spacial score (nSPS) is 12.2. The van der Waals surface area contributed by atoms with Crippen LogP contribution in [0.5, 0.6) is 0 Å². The molecule has 0 aromatic rings. The van der Waals surface area contributed by atoms with Crippen molar-refractivity contribution in [3.8, 4) is 0 Å². The number of rotatable bonds is 6. The standard InChI is InChI=1S/C12H22O/c1-10(2)8-9-11(3)6-5-7-12(4)13/h6,10H,5,7-9H2,1-4H3. The van der Waals surface area contributed by atoms with Crippen molar-refractivity contribution in [3.05, 3.63) is 11.6 Å². The lowest BCUT2D eigenvalue weighted by Crippen LogP contribution is -1.90. The van der Waals surface area contributed by atoms with E-state index in [1.54, 1.807) is 6.92 Å². The Morgan fingerprint density at radius 2 is 1.85 bits per heavy atom. The van der Waals surface area contributed by atoms with E-state index in [0.29, 0.717) is 6.42 Å². The van der Waals surface area contributed by atoms with Gasteiger partial charge in [0.2, 0.25) is 0 Å². The molecular formula is C12H22O. The van der Waals surface area contributed by atoms with Gasteiger partial charge in [0.05, 0.1) is 0 Å². The van der Waals surface area contributed by atoms with E-state index >= 15 is 0 Å². The highest BCUT2D eigenvalue weighted by molar-refractivity contribution is 5.75. The van der Waals surface area contributed by atoms with Crippen molar-refractivity contribution in [2.75, 3.05) is 0 Å². The van der Waals surface area contributed by atoms with Crippen molar-refractivity contribution < 1.29 is 4.79 Å². The fraction of sp³-hybridized carbons (Fsp3) is 0.750. The van der Waals surface area contributed by atoms with Crippen molar-refractivity contribution in [3.63, 3.8) is 0 Å². The molecule has 0 aromatic heterocycles. The summed E-state index contributed by atoms with van der Waals surface area (Å²) in [5, 5.41) is 0. The third-order valence-electron chi connectivity index (χ3n) is 2.11. The number of allylic oxidation sites excluding steroid dienone is 2. The smallest absolute Gasteiger partial charge is 0.130 e. The Hall–Kier alpha value is -0.590.